The number of rotatable bonds is 2. The first-order valence-corrected chi connectivity index (χ1v) is 8.36. The third kappa shape index (κ3) is 2.65. The molecule has 5 heterocycles. The van der Waals surface area contributed by atoms with E-state index in [1.54, 1.807) is 10.8 Å². The average molecular weight is 310 g/mol. The highest BCUT2D eigenvalue weighted by molar-refractivity contribution is 5.79. The van der Waals surface area contributed by atoms with E-state index in [9.17, 15) is 4.79 Å². The first-order chi connectivity index (χ1) is 11.2. The van der Waals surface area contributed by atoms with Gasteiger partial charge in [-0.2, -0.15) is 0 Å². The van der Waals surface area contributed by atoms with Crippen LogP contribution in [-0.4, -0.2) is 45.7 Å². The lowest BCUT2D eigenvalue weighted by molar-refractivity contribution is 0.0267. The summed E-state index contributed by atoms with van der Waals surface area (Å²) in [6.45, 7) is 4.58. The van der Waals surface area contributed by atoms with E-state index in [4.69, 9.17) is 0 Å². The number of hydrogen-bond acceptors (Lipinski definition) is 3. The summed E-state index contributed by atoms with van der Waals surface area (Å²) in [5.41, 5.74) is 2.03. The van der Waals surface area contributed by atoms with Crippen LogP contribution in [-0.2, 0) is 0 Å². The maximum atomic E-state index is 12.6. The molecule has 0 unspecified atom stereocenters. The first kappa shape index (κ1) is 14.5. The number of nitrogens with one attached hydrogen (secondary N) is 1. The zero-order chi connectivity index (χ0) is 15.8. The molecule has 0 radical (unpaired) electrons. The molecule has 3 aliphatic heterocycles. The molecule has 23 heavy (non-hydrogen) atoms. The molecular weight excluding hydrogens is 288 g/mol. The van der Waals surface area contributed by atoms with E-state index in [0.717, 1.165) is 11.1 Å². The van der Waals surface area contributed by atoms with E-state index in [-0.39, 0.29) is 12.1 Å². The number of carbonyl (C=O) groups is 1. The zero-order valence-electron chi connectivity index (χ0n) is 13.4. The summed E-state index contributed by atoms with van der Waals surface area (Å²) in [5.74, 6) is 0.618. The second-order valence-corrected chi connectivity index (χ2v) is 6.64. The normalized spacial score (nSPS) is 29.4. The van der Waals surface area contributed by atoms with Crippen molar-refractivity contribution in [3.63, 3.8) is 0 Å². The van der Waals surface area contributed by atoms with Gasteiger partial charge in [0.25, 0.3) is 0 Å². The van der Waals surface area contributed by atoms with Gasteiger partial charge in [0.05, 0.1) is 0 Å². The van der Waals surface area contributed by atoms with Crippen LogP contribution in [0.15, 0.2) is 43.0 Å². The van der Waals surface area contributed by atoms with E-state index >= 15 is 0 Å². The minimum atomic E-state index is -0.0364. The fraction of sp³-hybridized carbons (Fsp3) is 0.444. The second-order valence-electron chi connectivity index (χ2n) is 6.64. The number of nitrogens with zero attached hydrogens (tertiary/aromatic N) is 3. The predicted octanol–water partition coefficient (Wildman–Crippen LogP) is 2.59. The van der Waals surface area contributed by atoms with E-state index in [0.29, 0.717) is 12.0 Å². The lowest BCUT2D eigenvalue weighted by Crippen LogP contribution is -2.62. The topological polar surface area (TPSA) is 50.2 Å². The van der Waals surface area contributed by atoms with Gasteiger partial charge in [0, 0.05) is 48.0 Å². The van der Waals surface area contributed by atoms with Crippen LogP contribution < -0.4 is 5.32 Å². The van der Waals surface area contributed by atoms with Crippen molar-refractivity contribution in [2.75, 3.05) is 13.1 Å². The maximum Gasteiger partial charge on any atom is 0.325 e. The van der Waals surface area contributed by atoms with Gasteiger partial charge in [-0.3, -0.25) is 14.5 Å². The van der Waals surface area contributed by atoms with Crippen molar-refractivity contribution in [2.45, 2.75) is 31.8 Å². The smallest absolute Gasteiger partial charge is 0.325 e. The van der Waals surface area contributed by atoms with Crippen LogP contribution in [0.3, 0.4) is 0 Å². The molecule has 5 rings (SSSR count). The van der Waals surface area contributed by atoms with Crippen molar-refractivity contribution in [2.24, 2.45) is 5.92 Å². The average Bonchev–Trinajstić information content (AvgIpc) is 3.09. The van der Waals surface area contributed by atoms with Gasteiger partial charge in [-0.25, -0.2) is 4.79 Å². The van der Waals surface area contributed by atoms with Crippen LogP contribution in [0.2, 0.25) is 0 Å². The first-order valence-electron chi connectivity index (χ1n) is 8.36. The van der Waals surface area contributed by atoms with E-state index in [1.807, 2.05) is 36.8 Å². The third-order valence-corrected chi connectivity index (χ3v) is 5.39. The molecular formula is C18H22N4O. The van der Waals surface area contributed by atoms with Crippen LogP contribution in [0.25, 0.3) is 11.1 Å². The molecule has 2 aromatic rings. The molecule has 0 aromatic carbocycles. The standard InChI is InChI=1S/C18H22N4O/c1-13-17(14-4-8-21(13)9-5-14)20-18(23)22-10-6-16(12-22)15-3-2-7-19-11-15/h2-3,6-7,10-14,17H,4-5,8-9H2,1H3,(H,20,23)/t13-,17-/m0/s1. The summed E-state index contributed by atoms with van der Waals surface area (Å²) in [7, 11) is 0. The Morgan fingerprint density at radius 3 is 2.78 bits per heavy atom. The summed E-state index contributed by atoms with van der Waals surface area (Å²) < 4.78 is 1.65. The summed E-state index contributed by atoms with van der Waals surface area (Å²) in [4.78, 5) is 19.2. The highest BCUT2D eigenvalue weighted by Crippen LogP contribution is 2.32. The molecule has 120 valence electrons. The van der Waals surface area contributed by atoms with Gasteiger partial charge in [0.2, 0.25) is 0 Å². The molecule has 3 fully saturated rings. The Kier molecular flexibility index (Phi) is 3.65. The SMILES string of the molecule is C[C@H]1[C@H](NC(=O)n2ccc(-c3cccnc3)c2)C2CCN1CC2. The van der Waals surface area contributed by atoms with Gasteiger partial charge in [-0.1, -0.05) is 6.07 Å². The molecule has 1 N–H and O–H groups in total. The third-order valence-electron chi connectivity index (χ3n) is 5.39. The zero-order valence-corrected chi connectivity index (χ0v) is 13.4. The van der Waals surface area contributed by atoms with Gasteiger partial charge >= 0.3 is 6.03 Å². The number of pyridine rings is 1. The van der Waals surface area contributed by atoms with E-state index in [1.165, 1.54) is 25.9 Å². The monoisotopic (exact) mass is 310 g/mol. The molecule has 5 nitrogen and oxygen atoms in total. The molecule has 5 heteroatoms. The molecule has 0 saturated carbocycles. The van der Waals surface area contributed by atoms with E-state index in [2.05, 4.69) is 22.1 Å². The minimum Gasteiger partial charge on any atom is -0.333 e. The van der Waals surface area contributed by atoms with Crippen LogP contribution in [0.5, 0.6) is 0 Å². The molecule has 2 atom stereocenters. The molecule has 2 aromatic heterocycles. The van der Waals surface area contributed by atoms with E-state index < -0.39 is 0 Å². The summed E-state index contributed by atoms with van der Waals surface area (Å²) in [6, 6.07) is 6.51. The number of hydrogen-bond donors (Lipinski definition) is 1. The number of carbonyl (C=O) groups excluding carboxylic acids is 1. The number of piperidine rings is 3. The van der Waals surface area contributed by atoms with Crippen LogP contribution >= 0.6 is 0 Å². The highest BCUT2D eigenvalue weighted by Gasteiger charge is 2.40. The Bertz CT molecular complexity index is 686. The Labute approximate surface area is 136 Å². The molecule has 1 amide bonds. The van der Waals surface area contributed by atoms with Crippen molar-refractivity contribution < 1.29 is 4.79 Å². The Hall–Kier alpha value is -2.14. The van der Waals surface area contributed by atoms with Gasteiger partial charge in [0.1, 0.15) is 0 Å². The lowest BCUT2D eigenvalue weighted by Gasteiger charge is -2.49. The molecule has 0 aliphatic carbocycles. The molecule has 3 aliphatic rings. The Morgan fingerprint density at radius 2 is 2.09 bits per heavy atom. The van der Waals surface area contributed by atoms with Gasteiger partial charge in [-0.05, 0) is 50.9 Å². The molecule has 0 spiro atoms. The van der Waals surface area contributed by atoms with Crippen molar-refractivity contribution >= 4 is 6.03 Å². The number of fused-ring (bicyclic) bond motifs is 3. The number of aromatic nitrogens is 2. The Morgan fingerprint density at radius 1 is 1.26 bits per heavy atom. The second kappa shape index (κ2) is 5.81. The van der Waals surface area contributed by atoms with Crippen molar-refractivity contribution in [1.82, 2.24) is 19.8 Å². The number of amides is 1. The van der Waals surface area contributed by atoms with Crippen LogP contribution in [0.1, 0.15) is 19.8 Å². The van der Waals surface area contributed by atoms with Gasteiger partial charge in [-0.15, -0.1) is 0 Å². The molecule has 2 bridgehead atoms. The summed E-state index contributed by atoms with van der Waals surface area (Å²) in [5, 5.41) is 3.25. The van der Waals surface area contributed by atoms with Crippen LogP contribution in [0, 0.1) is 5.92 Å². The lowest BCUT2D eigenvalue weighted by atomic mass is 9.79. The predicted molar refractivity (Wildman–Crippen MR) is 89.1 cm³/mol. The van der Waals surface area contributed by atoms with Crippen molar-refractivity contribution in [1.29, 1.82) is 0 Å². The Balaban J connectivity index is 1.49. The fourth-order valence-electron chi connectivity index (χ4n) is 3.99. The maximum absolute atomic E-state index is 12.6. The quantitative estimate of drug-likeness (QED) is 0.927. The summed E-state index contributed by atoms with van der Waals surface area (Å²) >= 11 is 0. The van der Waals surface area contributed by atoms with Crippen molar-refractivity contribution in [3.05, 3.63) is 43.0 Å². The highest BCUT2D eigenvalue weighted by atomic mass is 16.2. The molecule has 3 saturated heterocycles. The minimum absolute atomic E-state index is 0.0364. The van der Waals surface area contributed by atoms with Gasteiger partial charge in [0.15, 0.2) is 0 Å². The van der Waals surface area contributed by atoms with Gasteiger partial charge < -0.3 is 5.32 Å². The van der Waals surface area contributed by atoms with Crippen LogP contribution in [0.4, 0.5) is 4.79 Å². The fourth-order valence-corrected chi connectivity index (χ4v) is 3.99. The van der Waals surface area contributed by atoms with Crippen molar-refractivity contribution in [3.8, 4) is 11.1 Å². The summed E-state index contributed by atoms with van der Waals surface area (Å²) in [6.07, 6.45) is 9.65. The largest absolute Gasteiger partial charge is 0.333 e.